The quantitative estimate of drug-likeness (QED) is 0.536. The minimum atomic E-state index is 0.574. The molecule has 0 amide bonds. The summed E-state index contributed by atoms with van der Waals surface area (Å²) in [5.41, 5.74) is 3.06. The average Bonchev–Trinajstić information content (AvgIpc) is 2.44. The Balaban J connectivity index is 2.01. The van der Waals surface area contributed by atoms with E-state index in [-0.39, 0.29) is 0 Å². The Labute approximate surface area is 61.1 Å². The molecule has 2 aliphatic heterocycles. The van der Waals surface area contributed by atoms with E-state index < -0.39 is 0 Å². The van der Waals surface area contributed by atoms with Gasteiger partial charge in [-0.25, -0.2) is 0 Å². The van der Waals surface area contributed by atoms with Gasteiger partial charge < -0.3 is 10.2 Å². The zero-order valence-corrected chi connectivity index (χ0v) is 6.26. The molecule has 10 heavy (non-hydrogen) atoms. The van der Waals surface area contributed by atoms with E-state index in [1.165, 1.54) is 6.42 Å². The van der Waals surface area contributed by atoms with E-state index in [9.17, 15) is 0 Å². The molecule has 0 bridgehead atoms. The third-order valence-corrected chi connectivity index (χ3v) is 2.54. The van der Waals surface area contributed by atoms with Crippen molar-refractivity contribution in [2.24, 2.45) is 5.92 Å². The Bertz CT molecular complexity index is 129. The Kier molecular flexibility index (Phi) is 1.64. The first-order valence-electron chi connectivity index (χ1n) is 4.02. The number of hydroxylamine groups is 1. The molecule has 0 aromatic carbocycles. The van der Waals surface area contributed by atoms with Crippen molar-refractivity contribution in [1.29, 1.82) is 0 Å². The highest BCUT2D eigenvalue weighted by Crippen LogP contribution is 2.21. The highest BCUT2D eigenvalue weighted by atomic mass is 16.7. The SMILES string of the molecule is CC[C@@H]1NC[C@H]2CON[C@H]21. The van der Waals surface area contributed by atoms with E-state index in [2.05, 4.69) is 17.7 Å². The first kappa shape index (κ1) is 6.58. The molecule has 58 valence electrons. The van der Waals surface area contributed by atoms with Gasteiger partial charge in [-0.2, -0.15) is 5.48 Å². The summed E-state index contributed by atoms with van der Waals surface area (Å²) < 4.78 is 0. The molecule has 2 rings (SSSR count). The third-order valence-electron chi connectivity index (χ3n) is 2.54. The third kappa shape index (κ3) is 0.856. The van der Waals surface area contributed by atoms with Crippen molar-refractivity contribution in [2.75, 3.05) is 13.2 Å². The van der Waals surface area contributed by atoms with Crippen LogP contribution >= 0.6 is 0 Å². The van der Waals surface area contributed by atoms with Crippen LogP contribution in [0.4, 0.5) is 0 Å². The molecule has 2 N–H and O–H groups in total. The van der Waals surface area contributed by atoms with Gasteiger partial charge in [-0.15, -0.1) is 0 Å². The monoisotopic (exact) mass is 142 g/mol. The van der Waals surface area contributed by atoms with Gasteiger partial charge >= 0.3 is 0 Å². The molecular weight excluding hydrogens is 128 g/mol. The lowest BCUT2D eigenvalue weighted by molar-refractivity contribution is 0.0766. The molecule has 0 aromatic heterocycles. The molecule has 3 nitrogen and oxygen atoms in total. The molecule has 0 unspecified atom stereocenters. The van der Waals surface area contributed by atoms with Crippen molar-refractivity contribution >= 4 is 0 Å². The molecule has 2 aliphatic rings. The summed E-state index contributed by atoms with van der Waals surface area (Å²) >= 11 is 0. The molecule has 3 heteroatoms. The van der Waals surface area contributed by atoms with Crippen molar-refractivity contribution in [2.45, 2.75) is 25.4 Å². The van der Waals surface area contributed by atoms with Crippen molar-refractivity contribution in [3.8, 4) is 0 Å². The number of nitrogens with one attached hydrogen (secondary N) is 2. The number of rotatable bonds is 1. The van der Waals surface area contributed by atoms with Gasteiger partial charge in [0.05, 0.1) is 12.6 Å². The van der Waals surface area contributed by atoms with E-state index in [1.807, 2.05) is 0 Å². The summed E-state index contributed by atoms with van der Waals surface area (Å²) in [4.78, 5) is 5.15. The van der Waals surface area contributed by atoms with Crippen molar-refractivity contribution in [3.63, 3.8) is 0 Å². The normalized spacial score (nSPS) is 45.9. The summed E-state index contributed by atoms with van der Waals surface area (Å²) in [5, 5.41) is 3.47. The fourth-order valence-corrected chi connectivity index (χ4v) is 1.88. The summed E-state index contributed by atoms with van der Waals surface area (Å²) in [5.74, 6) is 0.713. The number of hydrogen-bond acceptors (Lipinski definition) is 3. The minimum Gasteiger partial charge on any atom is -0.312 e. The van der Waals surface area contributed by atoms with Gasteiger partial charge in [-0.1, -0.05) is 6.92 Å². The summed E-state index contributed by atoms with van der Waals surface area (Å²) in [6.45, 7) is 4.21. The summed E-state index contributed by atoms with van der Waals surface area (Å²) in [6.07, 6.45) is 1.19. The molecule has 0 saturated carbocycles. The summed E-state index contributed by atoms with van der Waals surface area (Å²) in [7, 11) is 0. The fraction of sp³-hybridized carbons (Fsp3) is 1.00. The highest BCUT2D eigenvalue weighted by molar-refractivity contribution is 4.95. The first-order chi connectivity index (χ1) is 4.92. The minimum absolute atomic E-state index is 0.574. The maximum Gasteiger partial charge on any atom is 0.0739 e. The van der Waals surface area contributed by atoms with E-state index in [0.717, 1.165) is 13.2 Å². The Morgan fingerprint density at radius 1 is 1.60 bits per heavy atom. The molecular formula is C7H14N2O. The molecule has 3 atom stereocenters. The second kappa shape index (κ2) is 2.49. The van der Waals surface area contributed by atoms with Gasteiger partial charge in [0.2, 0.25) is 0 Å². The lowest BCUT2D eigenvalue weighted by Gasteiger charge is -2.14. The van der Waals surface area contributed by atoms with Crippen LogP contribution in [0.5, 0.6) is 0 Å². The Morgan fingerprint density at radius 2 is 2.50 bits per heavy atom. The predicted octanol–water partition coefficient (Wildman–Crippen LogP) is -0.112. The second-order valence-corrected chi connectivity index (χ2v) is 3.14. The predicted molar refractivity (Wildman–Crippen MR) is 38.4 cm³/mol. The molecule has 0 aliphatic carbocycles. The van der Waals surface area contributed by atoms with Crippen molar-refractivity contribution in [1.82, 2.24) is 10.8 Å². The van der Waals surface area contributed by atoms with Gasteiger partial charge in [-0.05, 0) is 6.42 Å². The lowest BCUT2D eigenvalue weighted by Crippen LogP contribution is -2.37. The van der Waals surface area contributed by atoms with Gasteiger partial charge in [0.15, 0.2) is 0 Å². The molecule has 0 radical (unpaired) electrons. The molecule has 0 aromatic rings. The Morgan fingerprint density at radius 3 is 3.30 bits per heavy atom. The van der Waals surface area contributed by atoms with Crippen LogP contribution in [0.15, 0.2) is 0 Å². The van der Waals surface area contributed by atoms with E-state index >= 15 is 0 Å². The fourth-order valence-electron chi connectivity index (χ4n) is 1.88. The maximum atomic E-state index is 5.15. The highest BCUT2D eigenvalue weighted by Gasteiger charge is 2.38. The Hall–Kier alpha value is -0.120. The lowest BCUT2D eigenvalue weighted by atomic mass is 10.0. The molecule has 2 fully saturated rings. The number of fused-ring (bicyclic) bond motifs is 1. The van der Waals surface area contributed by atoms with Crippen LogP contribution in [0.3, 0.4) is 0 Å². The maximum absolute atomic E-state index is 5.15. The van der Waals surface area contributed by atoms with Gasteiger partial charge in [0.25, 0.3) is 0 Å². The zero-order valence-electron chi connectivity index (χ0n) is 6.26. The zero-order chi connectivity index (χ0) is 6.97. The van der Waals surface area contributed by atoms with Crippen LogP contribution in [0.1, 0.15) is 13.3 Å². The van der Waals surface area contributed by atoms with Crippen LogP contribution in [0.25, 0.3) is 0 Å². The van der Waals surface area contributed by atoms with Crippen LogP contribution in [0, 0.1) is 5.92 Å². The average molecular weight is 142 g/mol. The van der Waals surface area contributed by atoms with Crippen molar-refractivity contribution in [3.05, 3.63) is 0 Å². The van der Waals surface area contributed by atoms with Crippen LogP contribution in [-0.2, 0) is 4.84 Å². The molecule has 0 spiro atoms. The van der Waals surface area contributed by atoms with E-state index in [4.69, 9.17) is 4.84 Å². The van der Waals surface area contributed by atoms with Gasteiger partial charge in [-0.3, -0.25) is 0 Å². The van der Waals surface area contributed by atoms with Crippen LogP contribution in [-0.4, -0.2) is 25.2 Å². The van der Waals surface area contributed by atoms with Crippen molar-refractivity contribution < 1.29 is 4.84 Å². The topological polar surface area (TPSA) is 33.3 Å². The van der Waals surface area contributed by atoms with Gasteiger partial charge in [0, 0.05) is 18.5 Å². The summed E-state index contributed by atoms with van der Waals surface area (Å²) in [6, 6.07) is 1.21. The molecule has 2 heterocycles. The first-order valence-corrected chi connectivity index (χ1v) is 4.02. The van der Waals surface area contributed by atoms with Crippen LogP contribution in [0.2, 0.25) is 0 Å². The standard InChI is InChI=1S/C7H14N2O/c1-2-6-7-5(3-8-6)4-10-9-7/h5-9H,2-4H2,1H3/t5-,6-,7+/m0/s1. The van der Waals surface area contributed by atoms with Gasteiger partial charge in [0.1, 0.15) is 0 Å². The largest absolute Gasteiger partial charge is 0.312 e. The smallest absolute Gasteiger partial charge is 0.0739 e. The van der Waals surface area contributed by atoms with E-state index in [0.29, 0.717) is 18.0 Å². The van der Waals surface area contributed by atoms with E-state index in [1.54, 1.807) is 0 Å². The second-order valence-electron chi connectivity index (χ2n) is 3.14. The number of hydrogen-bond donors (Lipinski definition) is 2. The van der Waals surface area contributed by atoms with Crippen LogP contribution < -0.4 is 10.8 Å². The molecule has 2 saturated heterocycles.